The molecule has 2 fully saturated rings. The van der Waals surface area contributed by atoms with E-state index in [1.807, 2.05) is 30.3 Å². The Morgan fingerprint density at radius 2 is 1.38 bits per heavy atom. The molecule has 34 heavy (non-hydrogen) atoms. The van der Waals surface area contributed by atoms with Crippen molar-refractivity contribution in [2.24, 2.45) is 0 Å². The van der Waals surface area contributed by atoms with E-state index in [4.69, 9.17) is 14.1 Å². The molecule has 0 amide bonds. The second-order valence-electron chi connectivity index (χ2n) is 10.1. The third-order valence-corrected chi connectivity index (χ3v) is 7.77. The predicted octanol–water partition coefficient (Wildman–Crippen LogP) is 9.38. The summed E-state index contributed by atoms with van der Waals surface area (Å²) in [5, 5.41) is 0. The summed E-state index contributed by atoms with van der Waals surface area (Å²) in [6, 6.07) is 23.2. The highest BCUT2D eigenvalue weighted by molar-refractivity contribution is 5.79. The van der Waals surface area contributed by atoms with Gasteiger partial charge in [0.1, 0.15) is 17.0 Å². The van der Waals surface area contributed by atoms with Crippen molar-refractivity contribution in [2.75, 3.05) is 0 Å². The van der Waals surface area contributed by atoms with Gasteiger partial charge in [0.25, 0.3) is 0 Å². The highest BCUT2D eigenvalue weighted by atomic mass is 16.5. The number of rotatable bonds is 5. The molecule has 0 unspecified atom stereocenters. The quantitative estimate of drug-likeness (QED) is 0.303. The SMILES string of the molecule is c1ccc(-c2nc3cc(C4CCCCC4)c(Oc4ccc(C5CCCCC5)cc4)cc3o2)cc1. The summed E-state index contributed by atoms with van der Waals surface area (Å²) < 4.78 is 12.7. The predicted molar refractivity (Wildman–Crippen MR) is 138 cm³/mol. The van der Waals surface area contributed by atoms with Crippen LogP contribution in [0, 0.1) is 0 Å². The molecule has 0 aliphatic heterocycles. The summed E-state index contributed by atoms with van der Waals surface area (Å²) in [6.45, 7) is 0. The Hall–Kier alpha value is -3.07. The first-order valence-electron chi connectivity index (χ1n) is 13.1. The van der Waals surface area contributed by atoms with Gasteiger partial charge in [-0.3, -0.25) is 0 Å². The van der Waals surface area contributed by atoms with E-state index in [1.54, 1.807) is 0 Å². The van der Waals surface area contributed by atoms with Crippen LogP contribution in [0.3, 0.4) is 0 Å². The van der Waals surface area contributed by atoms with Gasteiger partial charge in [-0.1, -0.05) is 68.9 Å². The molecule has 2 aliphatic rings. The number of aromatic nitrogens is 1. The Bertz CT molecular complexity index is 1230. The fourth-order valence-corrected chi connectivity index (χ4v) is 5.87. The molecule has 174 valence electrons. The molecule has 3 aromatic carbocycles. The van der Waals surface area contributed by atoms with E-state index in [0.717, 1.165) is 28.2 Å². The molecule has 1 aromatic heterocycles. The first-order chi connectivity index (χ1) is 16.8. The molecule has 0 spiro atoms. The minimum atomic E-state index is 0.520. The Morgan fingerprint density at radius 1 is 0.706 bits per heavy atom. The second-order valence-corrected chi connectivity index (χ2v) is 10.1. The van der Waals surface area contributed by atoms with Gasteiger partial charge in [0.2, 0.25) is 5.89 Å². The smallest absolute Gasteiger partial charge is 0.227 e. The summed E-state index contributed by atoms with van der Waals surface area (Å²) in [7, 11) is 0. The number of ether oxygens (including phenoxy) is 1. The lowest BCUT2D eigenvalue weighted by Gasteiger charge is -2.24. The maximum Gasteiger partial charge on any atom is 0.227 e. The van der Waals surface area contributed by atoms with E-state index in [2.05, 4.69) is 36.4 Å². The Balaban J connectivity index is 1.33. The Labute approximate surface area is 202 Å². The third-order valence-electron chi connectivity index (χ3n) is 7.77. The van der Waals surface area contributed by atoms with Crippen molar-refractivity contribution in [3.05, 3.63) is 77.9 Å². The zero-order valence-corrected chi connectivity index (χ0v) is 19.8. The van der Waals surface area contributed by atoms with Gasteiger partial charge >= 0.3 is 0 Å². The van der Waals surface area contributed by atoms with E-state index in [1.165, 1.54) is 75.3 Å². The van der Waals surface area contributed by atoms with E-state index < -0.39 is 0 Å². The van der Waals surface area contributed by atoms with Crippen molar-refractivity contribution in [1.82, 2.24) is 4.98 Å². The number of oxazole rings is 1. The van der Waals surface area contributed by atoms with Crippen molar-refractivity contribution in [3.8, 4) is 23.0 Å². The first-order valence-corrected chi connectivity index (χ1v) is 13.1. The molecule has 0 saturated heterocycles. The summed E-state index contributed by atoms with van der Waals surface area (Å²) >= 11 is 0. The van der Waals surface area contributed by atoms with Crippen LogP contribution in [-0.2, 0) is 0 Å². The molecule has 0 bridgehead atoms. The van der Waals surface area contributed by atoms with Crippen molar-refractivity contribution < 1.29 is 9.15 Å². The molecular formula is C31H33NO2. The first kappa shape index (κ1) is 21.5. The molecule has 0 radical (unpaired) electrons. The molecule has 4 aromatic rings. The van der Waals surface area contributed by atoms with Crippen LogP contribution in [0.15, 0.2) is 71.1 Å². The largest absolute Gasteiger partial charge is 0.457 e. The van der Waals surface area contributed by atoms with Crippen molar-refractivity contribution in [2.45, 2.75) is 76.0 Å². The molecule has 1 heterocycles. The molecule has 2 saturated carbocycles. The maximum atomic E-state index is 6.54. The van der Waals surface area contributed by atoms with Crippen molar-refractivity contribution >= 4 is 11.1 Å². The summed E-state index contributed by atoms with van der Waals surface area (Å²) in [6.07, 6.45) is 13.1. The summed E-state index contributed by atoms with van der Waals surface area (Å²) in [4.78, 5) is 4.83. The van der Waals surface area contributed by atoms with Crippen molar-refractivity contribution in [3.63, 3.8) is 0 Å². The summed E-state index contributed by atoms with van der Waals surface area (Å²) in [5.41, 5.74) is 5.43. The summed E-state index contributed by atoms with van der Waals surface area (Å²) in [5.74, 6) is 3.72. The molecule has 0 atom stereocenters. The minimum absolute atomic E-state index is 0.520. The number of hydrogen-bond donors (Lipinski definition) is 0. The highest BCUT2D eigenvalue weighted by Crippen LogP contribution is 2.42. The van der Waals surface area contributed by atoms with Crippen LogP contribution in [0.25, 0.3) is 22.6 Å². The van der Waals surface area contributed by atoms with Crippen LogP contribution >= 0.6 is 0 Å². The van der Waals surface area contributed by atoms with Gasteiger partial charge in [-0.05, 0) is 73.4 Å². The molecule has 2 aliphatic carbocycles. The monoisotopic (exact) mass is 451 g/mol. The third kappa shape index (κ3) is 4.49. The van der Waals surface area contributed by atoms with E-state index >= 15 is 0 Å². The highest BCUT2D eigenvalue weighted by Gasteiger charge is 2.23. The van der Waals surface area contributed by atoms with Crippen LogP contribution in [0.2, 0.25) is 0 Å². The molecule has 3 heteroatoms. The lowest BCUT2D eigenvalue weighted by Crippen LogP contribution is -2.06. The average molecular weight is 452 g/mol. The number of benzene rings is 3. The van der Waals surface area contributed by atoms with Crippen molar-refractivity contribution in [1.29, 1.82) is 0 Å². The van der Waals surface area contributed by atoms with Gasteiger partial charge in [-0.25, -0.2) is 4.98 Å². The molecule has 3 nitrogen and oxygen atoms in total. The zero-order chi connectivity index (χ0) is 22.7. The Morgan fingerprint density at radius 3 is 2.09 bits per heavy atom. The molecule has 6 rings (SSSR count). The second kappa shape index (κ2) is 9.66. The van der Waals surface area contributed by atoms with Gasteiger partial charge in [-0.15, -0.1) is 0 Å². The van der Waals surface area contributed by atoms with E-state index in [0.29, 0.717) is 17.7 Å². The minimum Gasteiger partial charge on any atom is -0.457 e. The normalized spacial score (nSPS) is 17.8. The van der Waals surface area contributed by atoms with Crippen LogP contribution in [0.4, 0.5) is 0 Å². The fraction of sp³-hybridized carbons (Fsp3) is 0.387. The van der Waals surface area contributed by atoms with E-state index in [-0.39, 0.29) is 0 Å². The topological polar surface area (TPSA) is 35.3 Å². The number of fused-ring (bicyclic) bond motifs is 1. The van der Waals surface area contributed by atoms with Crippen LogP contribution in [-0.4, -0.2) is 4.98 Å². The number of nitrogens with zero attached hydrogens (tertiary/aromatic N) is 1. The lowest BCUT2D eigenvalue weighted by molar-refractivity contribution is 0.418. The standard InChI is InChI=1S/C31H33NO2/c1-4-10-22(11-5-1)23-16-18-26(19-17-23)33-29-21-30-28(20-27(29)24-12-6-2-7-13-24)32-31(34-30)25-14-8-3-9-15-25/h3,8-9,14-22,24H,1-2,4-7,10-13H2. The van der Waals surface area contributed by atoms with Gasteiger partial charge in [0, 0.05) is 17.2 Å². The van der Waals surface area contributed by atoms with Gasteiger partial charge in [0.15, 0.2) is 5.58 Å². The zero-order valence-electron chi connectivity index (χ0n) is 19.8. The maximum absolute atomic E-state index is 6.54. The van der Waals surface area contributed by atoms with E-state index in [9.17, 15) is 0 Å². The Kier molecular flexibility index (Phi) is 6.10. The number of hydrogen-bond acceptors (Lipinski definition) is 3. The van der Waals surface area contributed by atoms with Gasteiger partial charge in [0.05, 0.1) is 0 Å². The van der Waals surface area contributed by atoms with Gasteiger partial charge < -0.3 is 9.15 Å². The average Bonchev–Trinajstić information content (AvgIpc) is 3.33. The molecular weight excluding hydrogens is 418 g/mol. The molecule has 0 N–H and O–H groups in total. The van der Waals surface area contributed by atoms with Gasteiger partial charge in [-0.2, -0.15) is 0 Å². The fourth-order valence-electron chi connectivity index (χ4n) is 5.87. The van der Waals surface area contributed by atoms with Crippen LogP contribution in [0.1, 0.15) is 87.2 Å². The van der Waals surface area contributed by atoms with Crippen LogP contribution in [0.5, 0.6) is 11.5 Å². The van der Waals surface area contributed by atoms with Crippen LogP contribution < -0.4 is 4.74 Å². The lowest BCUT2D eigenvalue weighted by atomic mass is 9.83.